The van der Waals surface area contributed by atoms with Gasteiger partial charge in [-0.25, -0.2) is 4.98 Å². The number of hydrogen-bond donors (Lipinski definition) is 0. The molecule has 1 aromatic heterocycles. The predicted molar refractivity (Wildman–Crippen MR) is 100 cm³/mol. The van der Waals surface area contributed by atoms with Gasteiger partial charge in [-0.3, -0.25) is 4.79 Å². The summed E-state index contributed by atoms with van der Waals surface area (Å²) in [6.07, 6.45) is 3.61. The Kier molecular flexibility index (Phi) is 4.65. The lowest BCUT2D eigenvalue weighted by molar-refractivity contribution is 0.0734. The highest BCUT2D eigenvalue weighted by Gasteiger charge is 2.32. The van der Waals surface area contributed by atoms with Gasteiger partial charge in [0.2, 0.25) is 5.88 Å². The summed E-state index contributed by atoms with van der Waals surface area (Å²) in [5.41, 5.74) is 1.67. The van der Waals surface area contributed by atoms with Gasteiger partial charge in [-0.05, 0) is 43.2 Å². The van der Waals surface area contributed by atoms with E-state index in [0.29, 0.717) is 11.4 Å². The normalized spacial score (nSPS) is 16.5. The zero-order valence-corrected chi connectivity index (χ0v) is 14.4. The highest BCUT2D eigenvalue weighted by Crippen LogP contribution is 2.38. The number of nitrogens with zero attached hydrogens (tertiary/aromatic N) is 2. The largest absolute Gasteiger partial charge is 0.439 e. The minimum Gasteiger partial charge on any atom is -0.439 e. The van der Waals surface area contributed by atoms with Gasteiger partial charge in [0.1, 0.15) is 5.75 Å². The Balaban J connectivity index is 1.63. The molecule has 1 saturated heterocycles. The van der Waals surface area contributed by atoms with Gasteiger partial charge in [-0.1, -0.05) is 42.5 Å². The van der Waals surface area contributed by atoms with Crippen LogP contribution in [-0.4, -0.2) is 22.3 Å². The Morgan fingerprint density at radius 2 is 1.69 bits per heavy atom. The number of ether oxygens (including phenoxy) is 1. The molecule has 4 nitrogen and oxygen atoms in total. The number of benzene rings is 2. The van der Waals surface area contributed by atoms with Gasteiger partial charge in [0.15, 0.2) is 0 Å². The zero-order chi connectivity index (χ0) is 17.8. The molecule has 2 heterocycles. The van der Waals surface area contributed by atoms with Crippen LogP contribution in [0.3, 0.4) is 0 Å². The van der Waals surface area contributed by atoms with Gasteiger partial charge >= 0.3 is 0 Å². The molecule has 0 saturated carbocycles. The molecule has 4 rings (SSSR count). The van der Waals surface area contributed by atoms with Crippen molar-refractivity contribution in [2.75, 3.05) is 6.54 Å². The number of carbonyl (C=O) groups excluding carboxylic acids is 1. The smallest absolute Gasteiger partial charge is 0.254 e. The number of hydrogen-bond acceptors (Lipinski definition) is 3. The third-order valence-electron chi connectivity index (χ3n) is 4.65. The van der Waals surface area contributed by atoms with Crippen molar-refractivity contribution >= 4 is 5.91 Å². The van der Waals surface area contributed by atoms with Crippen LogP contribution in [0.2, 0.25) is 0 Å². The van der Waals surface area contributed by atoms with Gasteiger partial charge in [0.25, 0.3) is 5.91 Å². The summed E-state index contributed by atoms with van der Waals surface area (Å²) in [5, 5.41) is 0. The quantitative estimate of drug-likeness (QED) is 0.679. The molecule has 4 heteroatoms. The molecule has 1 atom stereocenters. The van der Waals surface area contributed by atoms with E-state index in [9.17, 15) is 4.79 Å². The van der Waals surface area contributed by atoms with Crippen molar-refractivity contribution in [1.82, 2.24) is 9.88 Å². The van der Waals surface area contributed by atoms with E-state index >= 15 is 0 Å². The number of likely N-dealkylation sites (tertiary alicyclic amines) is 1. The first kappa shape index (κ1) is 16.3. The molecule has 0 N–H and O–H groups in total. The second-order valence-electron chi connectivity index (χ2n) is 6.34. The molecule has 3 aromatic rings. The SMILES string of the molecule is O=C(c1ccccc1)N1CCC[C@H]1c1cccnc1Oc1ccccc1. The summed E-state index contributed by atoms with van der Waals surface area (Å²) in [4.78, 5) is 19.3. The maximum Gasteiger partial charge on any atom is 0.254 e. The molecular weight excluding hydrogens is 324 g/mol. The Bertz CT molecular complexity index is 881. The summed E-state index contributed by atoms with van der Waals surface area (Å²) in [7, 11) is 0. The molecule has 0 aliphatic carbocycles. The fraction of sp³-hybridized carbons (Fsp3) is 0.182. The van der Waals surface area contributed by atoms with E-state index in [1.807, 2.05) is 77.7 Å². The lowest BCUT2D eigenvalue weighted by Gasteiger charge is -2.26. The van der Waals surface area contributed by atoms with Crippen molar-refractivity contribution in [2.24, 2.45) is 0 Å². The molecule has 1 amide bonds. The van der Waals surface area contributed by atoms with E-state index in [-0.39, 0.29) is 11.9 Å². The van der Waals surface area contributed by atoms with E-state index in [0.717, 1.165) is 30.7 Å². The lowest BCUT2D eigenvalue weighted by atomic mass is 10.1. The van der Waals surface area contributed by atoms with Crippen molar-refractivity contribution in [3.8, 4) is 11.6 Å². The summed E-state index contributed by atoms with van der Waals surface area (Å²) >= 11 is 0. The highest BCUT2D eigenvalue weighted by molar-refractivity contribution is 5.94. The third kappa shape index (κ3) is 3.31. The molecule has 2 aromatic carbocycles. The number of aromatic nitrogens is 1. The number of carbonyl (C=O) groups is 1. The van der Waals surface area contributed by atoms with E-state index < -0.39 is 0 Å². The summed E-state index contributed by atoms with van der Waals surface area (Å²) in [6, 6.07) is 22.9. The van der Waals surface area contributed by atoms with E-state index in [4.69, 9.17) is 4.74 Å². The van der Waals surface area contributed by atoms with Crippen LogP contribution in [0.25, 0.3) is 0 Å². The van der Waals surface area contributed by atoms with Gasteiger partial charge in [0.05, 0.1) is 6.04 Å². The molecule has 0 spiro atoms. The van der Waals surface area contributed by atoms with E-state index in [1.54, 1.807) is 6.20 Å². The first-order chi connectivity index (χ1) is 12.8. The molecule has 1 aliphatic heterocycles. The molecule has 1 aliphatic rings. The van der Waals surface area contributed by atoms with E-state index in [2.05, 4.69) is 4.98 Å². The second-order valence-corrected chi connectivity index (χ2v) is 6.34. The van der Waals surface area contributed by atoms with Crippen LogP contribution in [0, 0.1) is 0 Å². The van der Waals surface area contributed by atoms with Crippen molar-refractivity contribution in [3.63, 3.8) is 0 Å². The van der Waals surface area contributed by atoms with Gasteiger partial charge in [-0.2, -0.15) is 0 Å². The topological polar surface area (TPSA) is 42.4 Å². The molecule has 26 heavy (non-hydrogen) atoms. The second kappa shape index (κ2) is 7.40. The average molecular weight is 344 g/mol. The Morgan fingerprint density at radius 1 is 0.962 bits per heavy atom. The van der Waals surface area contributed by atoms with Crippen LogP contribution in [-0.2, 0) is 0 Å². The fourth-order valence-electron chi connectivity index (χ4n) is 3.42. The van der Waals surface area contributed by atoms with Crippen LogP contribution in [0.4, 0.5) is 0 Å². The summed E-state index contributed by atoms with van der Waals surface area (Å²) in [5.74, 6) is 1.37. The predicted octanol–water partition coefficient (Wildman–Crippen LogP) is 4.85. The molecule has 1 fully saturated rings. The summed E-state index contributed by atoms with van der Waals surface area (Å²) in [6.45, 7) is 0.748. The minimum absolute atomic E-state index is 0.0184. The Morgan fingerprint density at radius 3 is 2.46 bits per heavy atom. The monoisotopic (exact) mass is 344 g/mol. The number of amides is 1. The van der Waals surface area contributed by atoms with Crippen LogP contribution in [0.15, 0.2) is 79.0 Å². The van der Waals surface area contributed by atoms with Crippen LogP contribution in [0.5, 0.6) is 11.6 Å². The number of pyridine rings is 1. The summed E-state index contributed by atoms with van der Waals surface area (Å²) < 4.78 is 6.01. The standard InChI is InChI=1S/C22H20N2O2/c25-22(17-9-3-1-4-10-17)24-16-8-14-20(24)19-13-7-15-23-21(19)26-18-11-5-2-6-12-18/h1-7,9-13,15,20H,8,14,16H2/t20-/m0/s1. The number of para-hydroxylation sites is 1. The van der Waals surface area contributed by atoms with Crippen LogP contribution in [0.1, 0.15) is 34.8 Å². The molecule has 0 radical (unpaired) electrons. The highest BCUT2D eigenvalue weighted by atomic mass is 16.5. The molecular formula is C22H20N2O2. The Labute approximate surface area is 153 Å². The zero-order valence-electron chi connectivity index (χ0n) is 14.4. The van der Waals surface area contributed by atoms with Crippen molar-refractivity contribution in [3.05, 3.63) is 90.1 Å². The Hall–Kier alpha value is -3.14. The molecule has 130 valence electrons. The first-order valence-corrected chi connectivity index (χ1v) is 8.87. The lowest BCUT2D eigenvalue weighted by Crippen LogP contribution is -2.30. The molecule has 0 bridgehead atoms. The van der Waals surface area contributed by atoms with Gasteiger partial charge in [-0.15, -0.1) is 0 Å². The van der Waals surface area contributed by atoms with Crippen molar-refractivity contribution in [2.45, 2.75) is 18.9 Å². The first-order valence-electron chi connectivity index (χ1n) is 8.87. The van der Waals surface area contributed by atoms with Crippen LogP contribution < -0.4 is 4.74 Å². The fourth-order valence-corrected chi connectivity index (χ4v) is 3.42. The third-order valence-corrected chi connectivity index (χ3v) is 4.65. The minimum atomic E-state index is -0.0184. The average Bonchev–Trinajstić information content (AvgIpc) is 3.19. The maximum absolute atomic E-state index is 13.0. The van der Waals surface area contributed by atoms with Crippen LogP contribution >= 0.6 is 0 Å². The van der Waals surface area contributed by atoms with Crippen molar-refractivity contribution < 1.29 is 9.53 Å². The molecule has 0 unspecified atom stereocenters. The number of rotatable bonds is 4. The van der Waals surface area contributed by atoms with Gasteiger partial charge in [0, 0.05) is 23.9 Å². The van der Waals surface area contributed by atoms with Crippen molar-refractivity contribution in [1.29, 1.82) is 0 Å². The van der Waals surface area contributed by atoms with Gasteiger partial charge < -0.3 is 9.64 Å². The van der Waals surface area contributed by atoms with E-state index in [1.165, 1.54) is 0 Å². The maximum atomic E-state index is 13.0.